The van der Waals surface area contributed by atoms with Gasteiger partial charge in [-0.25, -0.2) is 5.90 Å². The first-order valence-corrected chi connectivity index (χ1v) is 6.36. The van der Waals surface area contributed by atoms with Crippen LogP contribution in [0.3, 0.4) is 0 Å². The van der Waals surface area contributed by atoms with Gasteiger partial charge in [0.15, 0.2) is 11.5 Å². The summed E-state index contributed by atoms with van der Waals surface area (Å²) in [6.45, 7) is 1.73. The lowest BCUT2D eigenvalue weighted by atomic mass is 10.1. The Labute approximate surface area is 99.0 Å². The van der Waals surface area contributed by atoms with Crippen molar-refractivity contribution in [3.05, 3.63) is 17.7 Å². The van der Waals surface area contributed by atoms with Crippen LogP contribution in [-0.4, -0.2) is 26.1 Å². The van der Waals surface area contributed by atoms with Crippen LogP contribution in [0, 0.1) is 0 Å². The standard InChI is InChI=1S/C11H15NO3S/c1-16-11-8(4-5-15-12)2-3-9-10(11)14-7-6-13-9/h2-3H,4-7,12H2,1H3. The number of hydrogen-bond donors (Lipinski definition) is 1. The van der Waals surface area contributed by atoms with Gasteiger partial charge in [0.1, 0.15) is 13.2 Å². The van der Waals surface area contributed by atoms with Crippen LogP contribution < -0.4 is 15.4 Å². The molecule has 0 radical (unpaired) electrons. The number of ether oxygens (including phenoxy) is 2. The molecular weight excluding hydrogens is 226 g/mol. The molecular formula is C11H15NO3S. The Morgan fingerprint density at radius 3 is 2.94 bits per heavy atom. The summed E-state index contributed by atoms with van der Waals surface area (Å²) in [4.78, 5) is 5.73. The Morgan fingerprint density at radius 2 is 2.19 bits per heavy atom. The Hall–Kier alpha value is -0.910. The molecule has 0 bridgehead atoms. The highest BCUT2D eigenvalue weighted by Crippen LogP contribution is 2.41. The molecule has 1 aliphatic heterocycles. The van der Waals surface area contributed by atoms with Gasteiger partial charge in [-0.1, -0.05) is 6.07 Å². The summed E-state index contributed by atoms with van der Waals surface area (Å²) in [5.74, 6) is 6.72. The molecule has 0 aliphatic carbocycles. The second-order valence-electron chi connectivity index (χ2n) is 3.40. The molecule has 0 fully saturated rings. The third kappa shape index (κ3) is 2.26. The molecule has 1 heterocycles. The number of thioether (sulfide) groups is 1. The van der Waals surface area contributed by atoms with Crippen molar-refractivity contribution in [3.63, 3.8) is 0 Å². The highest BCUT2D eigenvalue weighted by molar-refractivity contribution is 7.98. The molecule has 0 unspecified atom stereocenters. The quantitative estimate of drug-likeness (QED) is 0.641. The van der Waals surface area contributed by atoms with Gasteiger partial charge in [0.05, 0.1) is 11.5 Å². The predicted molar refractivity (Wildman–Crippen MR) is 63.1 cm³/mol. The van der Waals surface area contributed by atoms with E-state index in [-0.39, 0.29) is 0 Å². The summed E-state index contributed by atoms with van der Waals surface area (Å²) in [5.41, 5.74) is 1.18. The fourth-order valence-corrected chi connectivity index (χ4v) is 2.50. The van der Waals surface area contributed by atoms with E-state index in [2.05, 4.69) is 4.84 Å². The average Bonchev–Trinajstić information content (AvgIpc) is 2.35. The minimum atomic E-state index is 0.507. The smallest absolute Gasteiger partial charge is 0.175 e. The first kappa shape index (κ1) is 11.6. The molecule has 16 heavy (non-hydrogen) atoms. The van der Waals surface area contributed by atoms with Crippen LogP contribution in [0.1, 0.15) is 5.56 Å². The highest BCUT2D eigenvalue weighted by atomic mass is 32.2. The van der Waals surface area contributed by atoms with Gasteiger partial charge in [0.2, 0.25) is 0 Å². The molecule has 0 spiro atoms. The zero-order chi connectivity index (χ0) is 11.4. The molecule has 1 aromatic rings. The highest BCUT2D eigenvalue weighted by Gasteiger charge is 2.18. The molecule has 4 nitrogen and oxygen atoms in total. The molecule has 0 saturated heterocycles. The number of rotatable bonds is 4. The maximum absolute atomic E-state index is 5.65. The van der Waals surface area contributed by atoms with Gasteiger partial charge in [-0.2, -0.15) is 0 Å². The summed E-state index contributed by atoms with van der Waals surface area (Å²) in [5, 5.41) is 0. The Morgan fingerprint density at radius 1 is 1.38 bits per heavy atom. The van der Waals surface area contributed by atoms with E-state index < -0.39 is 0 Å². The lowest BCUT2D eigenvalue weighted by molar-refractivity contribution is 0.140. The third-order valence-corrected chi connectivity index (χ3v) is 3.29. The van der Waals surface area contributed by atoms with Crippen molar-refractivity contribution in [1.82, 2.24) is 0 Å². The topological polar surface area (TPSA) is 53.7 Å². The van der Waals surface area contributed by atoms with Gasteiger partial charge in [-0.3, -0.25) is 0 Å². The van der Waals surface area contributed by atoms with Crippen molar-refractivity contribution in [1.29, 1.82) is 0 Å². The summed E-state index contributed by atoms with van der Waals surface area (Å²) in [6.07, 6.45) is 2.81. The van der Waals surface area contributed by atoms with E-state index in [9.17, 15) is 0 Å². The maximum Gasteiger partial charge on any atom is 0.175 e. The molecule has 88 valence electrons. The first-order chi connectivity index (χ1) is 7.86. The average molecular weight is 241 g/mol. The normalized spacial score (nSPS) is 13.9. The van der Waals surface area contributed by atoms with Gasteiger partial charge in [0.25, 0.3) is 0 Å². The lowest BCUT2D eigenvalue weighted by Gasteiger charge is -2.22. The van der Waals surface area contributed by atoms with E-state index in [1.807, 2.05) is 18.4 Å². The minimum Gasteiger partial charge on any atom is -0.486 e. The van der Waals surface area contributed by atoms with Gasteiger partial charge >= 0.3 is 0 Å². The van der Waals surface area contributed by atoms with E-state index in [0.717, 1.165) is 22.8 Å². The van der Waals surface area contributed by atoms with Crippen LogP contribution >= 0.6 is 11.8 Å². The molecule has 2 N–H and O–H groups in total. The van der Waals surface area contributed by atoms with Crippen LogP contribution in [0.4, 0.5) is 0 Å². The third-order valence-electron chi connectivity index (χ3n) is 2.44. The summed E-state index contributed by atoms with van der Waals surface area (Å²) in [6, 6.07) is 3.98. The van der Waals surface area contributed by atoms with Gasteiger partial charge in [0, 0.05) is 0 Å². The van der Waals surface area contributed by atoms with Crippen molar-refractivity contribution in [2.75, 3.05) is 26.1 Å². The Kier molecular flexibility index (Phi) is 3.93. The van der Waals surface area contributed by atoms with E-state index >= 15 is 0 Å². The maximum atomic E-state index is 5.65. The zero-order valence-corrected chi connectivity index (χ0v) is 10.0. The lowest BCUT2D eigenvalue weighted by Crippen LogP contribution is -2.16. The fraction of sp³-hybridized carbons (Fsp3) is 0.455. The molecule has 1 aromatic carbocycles. The van der Waals surface area contributed by atoms with E-state index in [1.165, 1.54) is 5.56 Å². The summed E-state index contributed by atoms with van der Waals surface area (Å²) < 4.78 is 11.2. The number of benzene rings is 1. The largest absolute Gasteiger partial charge is 0.486 e. The molecule has 0 aromatic heterocycles. The number of fused-ring (bicyclic) bond motifs is 1. The van der Waals surface area contributed by atoms with Crippen LogP contribution in [0.2, 0.25) is 0 Å². The van der Waals surface area contributed by atoms with E-state index in [0.29, 0.717) is 19.8 Å². The van der Waals surface area contributed by atoms with Crippen molar-refractivity contribution in [3.8, 4) is 11.5 Å². The molecule has 5 heteroatoms. The van der Waals surface area contributed by atoms with E-state index in [1.54, 1.807) is 11.8 Å². The Bertz CT molecular complexity index is 370. The monoisotopic (exact) mass is 241 g/mol. The Balaban J connectivity index is 2.31. The molecule has 0 amide bonds. The SMILES string of the molecule is CSc1c(CCON)ccc2c1OCCO2. The molecule has 0 atom stereocenters. The fourth-order valence-electron chi connectivity index (χ4n) is 1.72. The molecule has 1 aliphatic rings. The number of nitrogens with two attached hydrogens (primary N) is 1. The minimum absolute atomic E-state index is 0.507. The van der Waals surface area contributed by atoms with Crippen molar-refractivity contribution >= 4 is 11.8 Å². The second-order valence-corrected chi connectivity index (χ2v) is 4.22. The van der Waals surface area contributed by atoms with Crippen molar-refractivity contribution in [2.45, 2.75) is 11.3 Å². The van der Waals surface area contributed by atoms with Crippen molar-refractivity contribution in [2.24, 2.45) is 5.90 Å². The molecule has 2 rings (SSSR count). The van der Waals surface area contributed by atoms with E-state index in [4.69, 9.17) is 15.4 Å². The van der Waals surface area contributed by atoms with Crippen molar-refractivity contribution < 1.29 is 14.3 Å². The summed E-state index contributed by atoms with van der Waals surface area (Å²) >= 11 is 1.66. The van der Waals surface area contributed by atoms with Crippen LogP contribution in [0.25, 0.3) is 0 Å². The first-order valence-electron chi connectivity index (χ1n) is 5.14. The second kappa shape index (κ2) is 5.43. The van der Waals surface area contributed by atoms with Crippen LogP contribution in [0.5, 0.6) is 11.5 Å². The van der Waals surface area contributed by atoms with Crippen LogP contribution in [-0.2, 0) is 11.3 Å². The van der Waals surface area contributed by atoms with Crippen LogP contribution in [0.15, 0.2) is 17.0 Å². The van der Waals surface area contributed by atoms with Gasteiger partial charge in [-0.05, 0) is 24.3 Å². The predicted octanol–water partition coefficient (Wildman–Crippen LogP) is 1.61. The molecule has 0 saturated carbocycles. The summed E-state index contributed by atoms with van der Waals surface area (Å²) in [7, 11) is 0. The number of hydrogen-bond acceptors (Lipinski definition) is 5. The van der Waals surface area contributed by atoms with Gasteiger partial charge < -0.3 is 14.3 Å². The van der Waals surface area contributed by atoms with Gasteiger partial charge in [-0.15, -0.1) is 11.8 Å². The zero-order valence-electron chi connectivity index (χ0n) is 9.19.